The average Bonchev–Trinajstić information content (AvgIpc) is 2.45. The van der Waals surface area contributed by atoms with E-state index in [1.807, 2.05) is 12.1 Å². The third-order valence-corrected chi connectivity index (χ3v) is 4.69. The Kier molecular flexibility index (Phi) is 4.66. The van der Waals surface area contributed by atoms with E-state index in [4.69, 9.17) is 26.8 Å². The summed E-state index contributed by atoms with van der Waals surface area (Å²) < 4.78 is 10.7. The van der Waals surface area contributed by atoms with Crippen LogP contribution in [0, 0.1) is 5.92 Å². The van der Waals surface area contributed by atoms with Crippen LogP contribution in [0.5, 0.6) is 11.5 Å². The molecule has 1 aliphatic rings. The third kappa shape index (κ3) is 2.67. The number of benzene rings is 1. The van der Waals surface area contributed by atoms with Crippen molar-refractivity contribution in [2.45, 2.75) is 32.4 Å². The van der Waals surface area contributed by atoms with Gasteiger partial charge in [-0.15, -0.1) is 0 Å². The Bertz CT molecular complexity index is 481. The minimum Gasteiger partial charge on any atom is -0.495 e. The summed E-state index contributed by atoms with van der Waals surface area (Å²) in [5.74, 6) is 1.83. The number of nitrogens with two attached hydrogens (primary N) is 1. The van der Waals surface area contributed by atoms with Crippen molar-refractivity contribution in [3.05, 3.63) is 17.2 Å². The number of methoxy groups -OCH3 is 2. The summed E-state index contributed by atoms with van der Waals surface area (Å²) in [6.07, 6.45) is 0.971. The lowest BCUT2D eigenvalue weighted by Gasteiger charge is -2.43. The summed E-state index contributed by atoms with van der Waals surface area (Å²) in [5, 5.41) is 0.595. The van der Waals surface area contributed by atoms with Gasteiger partial charge in [0.15, 0.2) is 0 Å². The highest BCUT2D eigenvalue weighted by Gasteiger charge is 2.32. The zero-order valence-electron chi connectivity index (χ0n) is 12.5. The highest BCUT2D eigenvalue weighted by Crippen LogP contribution is 2.40. The van der Waals surface area contributed by atoms with Crippen molar-refractivity contribution in [1.82, 2.24) is 0 Å². The minimum absolute atomic E-state index is 0.251. The van der Waals surface area contributed by atoms with Gasteiger partial charge in [0, 0.05) is 24.7 Å². The lowest BCUT2D eigenvalue weighted by atomic mass is 9.87. The Morgan fingerprint density at radius 2 is 1.85 bits per heavy atom. The maximum Gasteiger partial charge on any atom is 0.145 e. The van der Waals surface area contributed by atoms with Gasteiger partial charge < -0.3 is 20.1 Å². The van der Waals surface area contributed by atoms with Crippen LogP contribution in [-0.2, 0) is 0 Å². The summed E-state index contributed by atoms with van der Waals surface area (Å²) in [4.78, 5) is 2.32. The second-order valence-electron chi connectivity index (χ2n) is 5.40. The first-order chi connectivity index (χ1) is 9.49. The zero-order valence-corrected chi connectivity index (χ0v) is 13.3. The second kappa shape index (κ2) is 6.10. The number of ether oxygens (including phenoxy) is 2. The molecule has 1 aromatic rings. The summed E-state index contributed by atoms with van der Waals surface area (Å²) >= 11 is 6.26. The second-order valence-corrected chi connectivity index (χ2v) is 5.81. The molecule has 1 aromatic carbocycles. The molecule has 0 saturated carbocycles. The van der Waals surface area contributed by atoms with E-state index in [9.17, 15) is 0 Å². The molecule has 2 rings (SSSR count). The molecule has 1 aliphatic heterocycles. The van der Waals surface area contributed by atoms with E-state index in [0.717, 1.165) is 24.4 Å². The van der Waals surface area contributed by atoms with Gasteiger partial charge in [-0.05, 0) is 25.3 Å². The van der Waals surface area contributed by atoms with Crippen LogP contribution < -0.4 is 20.1 Å². The molecule has 0 spiro atoms. The van der Waals surface area contributed by atoms with Crippen molar-refractivity contribution in [3.63, 3.8) is 0 Å². The molecule has 0 bridgehead atoms. The third-order valence-electron chi connectivity index (χ3n) is 4.39. The van der Waals surface area contributed by atoms with Crippen LogP contribution in [0.1, 0.15) is 20.3 Å². The van der Waals surface area contributed by atoms with Crippen LogP contribution >= 0.6 is 11.6 Å². The predicted octanol–water partition coefficient (Wildman–Crippen LogP) is 2.92. The first-order valence-corrected chi connectivity index (χ1v) is 7.31. The van der Waals surface area contributed by atoms with Gasteiger partial charge >= 0.3 is 0 Å². The molecule has 3 atom stereocenters. The number of halogens is 1. The SMILES string of the molecule is COc1cc(OC)c(N2CCC(N)C(C)C2C)cc1Cl. The monoisotopic (exact) mass is 298 g/mol. The van der Waals surface area contributed by atoms with Crippen LogP contribution in [0.2, 0.25) is 5.02 Å². The first kappa shape index (κ1) is 15.3. The maximum absolute atomic E-state index is 6.26. The van der Waals surface area contributed by atoms with E-state index in [-0.39, 0.29) is 6.04 Å². The molecule has 4 nitrogen and oxygen atoms in total. The Hall–Kier alpha value is -1.13. The molecule has 1 heterocycles. The zero-order chi connectivity index (χ0) is 14.9. The van der Waals surface area contributed by atoms with Gasteiger partial charge in [-0.25, -0.2) is 0 Å². The highest BCUT2D eigenvalue weighted by molar-refractivity contribution is 6.32. The molecule has 3 unspecified atom stereocenters. The quantitative estimate of drug-likeness (QED) is 0.932. The Morgan fingerprint density at radius 1 is 1.20 bits per heavy atom. The molecule has 0 amide bonds. The lowest BCUT2D eigenvalue weighted by Crippen LogP contribution is -2.52. The lowest BCUT2D eigenvalue weighted by molar-refractivity contribution is 0.312. The number of nitrogens with zero attached hydrogens (tertiary/aromatic N) is 1. The fourth-order valence-corrected chi connectivity index (χ4v) is 3.04. The first-order valence-electron chi connectivity index (χ1n) is 6.93. The molecule has 1 fully saturated rings. The van der Waals surface area contributed by atoms with Crippen LogP contribution in [0.4, 0.5) is 5.69 Å². The summed E-state index contributed by atoms with van der Waals surface area (Å²) in [6.45, 7) is 5.30. The van der Waals surface area contributed by atoms with E-state index < -0.39 is 0 Å². The number of hydrogen-bond acceptors (Lipinski definition) is 4. The standard InChI is InChI=1S/C15H23ClN2O2/c1-9-10(2)18(6-5-12(9)17)13-7-11(16)14(19-3)8-15(13)20-4/h7-10,12H,5-6,17H2,1-4H3. The van der Waals surface area contributed by atoms with Gasteiger partial charge in [0.2, 0.25) is 0 Å². The molecular formula is C15H23ClN2O2. The van der Waals surface area contributed by atoms with E-state index in [1.54, 1.807) is 14.2 Å². The largest absolute Gasteiger partial charge is 0.495 e. The van der Waals surface area contributed by atoms with E-state index in [1.165, 1.54) is 0 Å². The van der Waals surface area contributed by atoms with Crippen molar-refractivity contribution >= 4 is 17.3 Å². The topological polar surface area (TPSA) is 47.7 Å². The van der Waals surface area contributed by atoms with Crippen molar-refractivity contribution in [1.29, 1.82) is 0 Å². The molecule has 0 aromatic heterocycles. The Balaban J connectivity index is 2.39. The number of hydrogen-bond donors (Lipinski definition) is 1. The normalized spacial score (nSPS) is 26.5. The van der Waals surface area contributed by atoms with E-state index >= 15 is 0 Å². The fourth-order valence-electron chi connectivity index (χ4n) is 2.80. The van der Waals surface area contributed by atoms with Crippen molar-refractivity contribution in [2.75, 3.05) is 25.7 Å². The molecule has 2 N–H and O–H groups in total. The summed E-state index contributed by atoms with van der Waals surface area (Å²) in [5.41, 5.74) is 7.16. The van der Waals surface area contributed by atoms with Gasteiger partial charge in [0.25, 0.3) is 0 Å². The Morgan fingerprint density at radius 3 is 2.45 bits per heavy atom. The van der Waals surface area contributed by atoms with Crippen LogP contribution in [0.25, 0.3) is 0 Å². The number of anilines is 1. The molecule has 0 radical (unpaired) electrons. The van der Waals surface area contributed by atoms with E-state index in [2.05, 4.69) is 18.7 Å². The number of piperidine rings is 1. The molecule has 0 aliphatic carbocycles. The van der Waals surface area contributed by atoms with Crippen molar-refractivity contribution < 1.29 is 9.47 Å². The Labute approximate surface area is 125 Å². The highest BCUT2D eigenvalue weighted by atomic mass is 35.5. The molecule has 1 saturated heterocycles. The minimum atomic E-state index is 0.251. The smallest absolute Gasteiger partial charge is 0.145 e. The van der Waals surface area contributed by atoms with Gasteiger partial charge in [-0.2, -0.15) is 0 Å². The molecule has 112 valence electrons. The number of rotatable bonds is 3. The molecule has 5 heteroatoms. The van der Waals surface area contributed by atoms with Crippen molar-refractivity contribution in [2.24, 2.45) is 11.7 Å². The van der Waals surface area contributed by atoms with Crippen LogP contribution in [0.15, 0.2) is 12.1 Å². The molecular weight excluding hydrogens is 276 g/mol. The van der Waals surface area contributed by atoms with Crippen molar-refractivity contribution in [3.8, 4) is 11.5 Å². The van der Waals surface area contributed by atoms with Gasteiger partial charge in [0.05, 0.1) is 24.9 Å². The molecule has 20 heavy (non-hydrogen) atoms. The van der Waals surface area contributed by atoms with Crippen LogP contribution in [0.3, 0.4) is 0 Å². The average molecular weight is 299 g/mol. The van der Waals surface area contributed by atoms with Gasteiger partial charge in [-0.3, -0.25) is 0 Å². The van der Waals surface area contributed by atoms with Crippen LogP contribution in [-0.4, -0.2) is 32.8 Å². The summed E-state index contributed by atoms with van der Waals surface area (Å²) in [6, 6.07) is 4.35. The maximum atomic E-state index is 6.26. The van der Waals surface area contributed by atoms with Gasteiger partial charge in [0.1, 0.15) is 11.5 Å². The predicted molar refractivity (Wildman–Crippen MR) is 83.1 cm³/mol. The summed E-state index contributed by atoms with van der Waals surface area (Å²) in [7, 11) is 3.26. The fraction of sp³-hybridized carbons (Fsp3) is 0.600. The van der Waals surface area contributed by atoms with Gasteiger partial charge in [-0.1, -0.05) is 18.5 Å². The van der Waals surface area contributed by atoms with E-state index in [0.29, 0.717) is 22.7 Å².